The monoisotopic (exact) mass is 341 g/mol. The van der Waals surface area contributed by atoms with Crippen molar-refractivity contribution in [3.8, 4) is 0 Å². The fourth-order valence-corrected chi connectivity index (χ4v) is 3.22. The van der Waals surface area contributed by atoms with E-state index in [9.17, 15) is 18.0 Å². The van der Waals surface area contributed by atoms with E-state index in [-0.39, 0.29) is 19.5 Å². The average molecular weight is 341 g/mol. The predicted octanol–water partition coefficient (Wildman–Crippen LogP) is 3.12. The topological polar surface area (TPSA) is 58.2 Å². The van der Waals surface area contributed by atoms with E-state index >= 15 is 0 Å². The Morgan fingerprint density at radius 3 is 3.00 bits per heavy atom. The van der Waals surface area contributed by atoms with Crippen molar-refractivity contribution in [2.24, 2.45) is 5.92 Å². The lowest BCUT2D eigenvalue weighted by Crippen LogP contribution is -2.41. The highest BCUT2D eigenvalue weighted by Gasteiger charge is 2.41. The first-order valence-corrected chi connectivity index (χ1v) is 7.73. The quantitative estimate of drug-likeness (QED) is 0.872. The number of H-pyrrole nitrogens is 1. The van der Waals surface area contributed by atoms with E-state index in [4.69, 9.17) is 4.74 Å². The van der Waals surface area contributed by atoms with Crippen molar-refractivity contribution in [3.63, 3.8) is 0 Å². The van der Waals surface area contributed by atoms with Crippen LogP contribution in [0.25, 0.3) is 11.0 Å². The summed E-state index contributed by atoms with van der Waals surface area (Å²) in [5.74, 6) is -1.84. The first-order valence-electron chi connectivity index (χ1n) is 7.73. The minimum atomic E-state index is -4.19. The molecule has 5 nitrogen and oxygen atoms in total. The van der Waals surface area contributed by atoms with Crippen LogP contribution in [0.1, 0.15) is 28.9 Å². The van der Waals surface area contributed by atoms with Crippen LogP contribution in [0, 0.1) is 5.92 Å². The molecule has 1 atom stereocenters. The van der Waals surface area contributed by atoms with Crippen molar-refractivity contribution in [1.29, 1.82) is 0 Å². The van der Waals surface area contributed by atoms with Crippen LogP contribution in [0.15, 0.2) is 18.3 Å². The first kappa shape index (κ1) is 16.8. The molecule has 3 rings (SSSR count). The van der Waals surface area contributed by atoms with Crippen molar-refractivity contribution in [2.75, 3.05) is 20.2 Å². The second kappa shape index (κ2) is 6.43. The number of ether oxygens (including phenoxy) is 1. The van der Waals surface area contributed by atoms with Crippen molar-refractivity contribution < 1.29 is 22.7 Å². The molecule has 0 radical (unpaired) electrons. The van der Waals surface area contributed by atoms with Crippen molar-refractivity contribution in [1.82, 2.24) is 14.9 Å². The number of rotatable bonds is 3. The molecular weight excluding hydrogens is 323 g/mol. The second-order valence-electron chi connectivity index (χ2n) is 5.99. The van der Waals surface area contributed by atoms with Gasteiger partial charge in [0, 0.05) is 30.4 Å². The van der Waals surface area contributed by atoms with Gasteiger partial charge in [-0.3, -0.25) is 4.90 Å². The number of alkyl halides is 3. The molecule has 1 fully saturated rings. The van der Waals surface area contributed by atoms with E-state index in [0.29, 0.717) is 35.3 Å². The summed E-state index contributed by atoms with van der Waals surface area (Å²) in [6, 6.07) is 3.44. The number of carbonyl (C=O) groups is 1. The standard InChI is InChI=1S/C16H18F3N3O2/c1-24-15(23)13-11-5-2-6-20-14(11)21-12(13)9-22-7-3-4-10(8-22)16(17,18)19/h2,5-6,10H,3-4,7-9H2,1H3,(H,20,21). The van der Waals surface area contributed by atoms with Gasteiger partial charge in [0.2, 0.25) is 0 Å². The molecule has 24 heavy (non-hydrogen) atoms. The van der Waals surface area contributed by atoms with Gasteiger partial charge in [-0.05, 0) is 31.5 Å². The molecular formula is C16H18F3N3O2. The van der Waals surface area contributed by atoms with Crippen molar-refractivity contribution in [2.45, 2.75) is 25.6 Å². The number of hydrogen-bond donors (Lipinski definition) is 1. The number of esters is 1. The van der Waals surface area contributed by atoms with Crippen LogP contribution in [0.3, 0.4) is 0 Å². The van der Waals surface area contributed by atoms with E-state index < -0.39 is 18.1 Å². The molecule has 0 saturated carbocycles. The van der Waals surface area contributed by atoms with Gasteiger partial charge < -0.3 is 9.72 Å². The number of fused-ring (bicyclic) bond motifs is 1. The smallest absolute Gasteiger partial charge is 0.393 e. The summed E-state index contributed by atoms with van der Waals surface area (Å²) in [4.78, 5) is 21.0. The number of methoxy groups -OCH3 is 1. The van der Waals surface area contributed by atoms with Gasteiger partial charge in [0.05, 0.1) is 18.6 Å². The zero-order valence-corrected chi connectivity index (χ0v) is 13.2. The number of likely N-dealkylation sites (tertiary alicyclic amines) is 1. The lowest BCUT2D eigenvalue weighted by molar-refractivity contribution is -0.187. The number of aromatic amines is 1. The van der Waals surface area contributed by atoms with Crippen LogP contribution >= 0.6 is 0 Å². The Morgan fingerprint density at radius 1 is 1.50 bits per heavy atom. The molecule has 3 heterocycles. The Bertz CT molecular complexity index is 742. The minimum Gasteiger partial charge on any atom is -0.465 e. The molecule has 0 spiro atoms. The molecule has 0 aliphatic carbocycles. The number of pyridine rings is 1. The Balaban J connectivity index is 1.88. The van der Waals surface area contributed by atoms with Gasteiger partial charge in [0.15, 0.2) is 0 Å². The summed E-state index contributed by atoms with van der Waals surface area (Å²) >= 11 is 0. The molecule has 0 amide bonds. The van der Waals surface area contributed by atoms with Gasteiger partial charge in [-0.1, -0.05) is 0 Å². The summed E-state index contributed by atoms with van der Waals surface area (Å²) in [6.07, 6.45) is -1.97. The summed E-state index contributed by atoms with van der Waals surface area (Å²) in [7, 11) is 1.28. The molecule has 1 aliphatic rings. The zero-order chi connectivity index (χ0) is 17.3. The van der Waals surface area contributed by atoms with Gasteiger partial charge in [0.1, 0.15) is 5.65 Å². The molecule has 1 unspecified atom stereocenters. The molecule has 8 heteroatoms. The molecule has 2 aromatic heterocycles. The second-order valence-corrected chi connectivity index (χ2v) is 5.99. The van der Waals surface area contributed by atoms with Crippen molar-refractivity contribution >= 4 is 17.0 Å². The molecule has 1 N–H and O–H groups in total. The number of halogens is 3. The molecule has 0 aromatic carbocycles. The molecule has 1 saturated heterocycles. The fraction of sp³-hybridized carbons (Fsp3) is 0.500. The third kappa shape index (κ3) is 3.24. The van der Waals surface area contributed by atoms with E-state index in [1.54, 1.807) is 23.2 Å². The SMILES string of the molecule is COC(=O)c1c(CN2CCCC(C(F)(F)F)C2)[nH]c2ncccc12. The minimum absolute atomic E-state index is 0.0626. The highest BCUT2D eigenvalue weighted by Crippen LogP contribution is 2.34. The van der Waals surface area contributed by atoms with E-state index in [1.807, 2.05) is 0 Å². The van der Waals surface area contributed by atoms with Crippen molar-refractivity contribution in [3.05, 3.63) is 29.6 Å². The first-order chi connectivity index (χ1) is 11.4. The normalized spacial score (nSPS) is 19.6. The third-order valence-electron chi connectivity index (χ3n) is 4.39. The summed E-state index contributed by atoms with van der Waals surface area (Å²) in [5.41, 5.74) is 1.41. The average Bonchev–Trinajstić information content (AvgIpc) is 2.91. The van der Waals surface area contributed by atoms with Gasteiger partial charge in [-0.2, -0.15) is 13.2 Å². The Hall–Kier alpha value is -2.09. The highest BCUT2D eigenvalue weighted by atomic mass is 19.4. The van der Waals surface area contributed by atoms with E-state index in [1.165, 1.54) is 7.11 Å². The molecule has 1 aliphatic heterocycles. The summed E-state index contributed by atoms with van der Waals surface area (Å²) in [5, 5.41) is 0.615. The third-order valence-corrected chi connectivity index (χ3v) is 4.39. The number of piperidine rings is 1. The number of aromatic nitrogens is 2. The fourth-order valence-electron chi connectivity index (χ4n) is 3.22. The largest absolute Gasteiger partial charge is 0.465 e. The van der Waals surface area contributed by atoms with Crippen LogP contribution in [0.4, 0.5) is 13.2 Å². The van der Waals surface area contributed by atoms with Crippen LogP contribution in [0.5, 0.6) is 0 Å². The van der Waals surface area contributed by atoms with Crippen LogP contribution in [0.2, 0.25) is 0 Å². The van der Waals surface area contributed by atoms with Gasteiger partial charge in [-0.15, -0.1) is 0 Å². The lowest BCUT2D eigenvalue weighted by atomic mass is 9.97. The number of nitrogens with zero attached hydrogens (tertiary/aromatic N) is 2. The Morgan fingerprint density at radius 2 is 2.29 bits per heavy atom. The zero-order valence-electron chi connectivity index (χ0n) is 13.2. The van der Waals surface area contributed by atoms with Gasteiger partial charge >= 0.3 is 12.1 Å². The predicted molar refractivity (Wildman–Crippen MR) is 81.5 cm³/mol. The maximum atomic E-state index is 13.0. The van der Waals surface area contributed by atoms with Crippen LogP contribution in [-0.4, -0.2) is 47.2 Å². The number of nitrogens with one attached hydrogen (secondary N) is 1. The van der Waals surface area contributed by atoms with Gasteiger partial charge in [0.25, 0.3) is 0 Å². The number of carbonyl (C=O) groups excluding carboxylic acids is 1. The highest BCUT2D eigenvalue weighted by molar-refractivity contribution is 6.04. The Kier molecular flexibility index (Phi) is 4.49. The van der Waals surface area contributed by atoms with E-state index in [0.717, 1.165) is 0 Å². The molecule has 0 bridgehead atoms. The molecule has 2 aromatic rings. The van der Waals surface area contributed by atoms with E-state index in [2.05, 4.69) is 9.97 Å². The number of hydrogen-bond acceptors (Lipinski definition) is 4. The lowest BCUT2D eigenvalue weighted by Gasteiger charge is -2.33. The summed E-state index contributed by atoms with van der Waals surface area (Å²) in [6.45, 7) is 0.732. The van der Waals surface area contributed by atoms with Crippen LogP contribution < -0.4 is 0 Å². The van der Waals surface area contributed by atoms with Crippen LogP contribution in [-0.2, 0) is 11.3 Å². The van der Waals surface area contributed by atoms with Gasteiger partial charge in [-0.25, -0.2) is 9.78 Å². The maximum absolute atomic E-state index is 13.0. The maximum Gasteiger partial charge on any atom is 0.393 e. The molecule has 130 valence electrons. The Labute approximate surface area is 136 Å². The summed E-state index contributed by atoms with van der Waals surface area (Å²) < 4.78 is 43.7.